The highest BCUT2D eigenvalue weighted by molar-refractivity contribution is 6.30. The first-order chi connectivity index (χ1) is 16.7. The Morgan fingerprint density at radius 3 is 2.09 bits per heavy atom. The topological polar surface area (TPSA) is 57.2 Å². The van der Waals surface area contributed by atoms with Crippen LogP contribution in [0.15, 0.2) is 115 Å². The average Bonchev–Trinajstić information content (AvgIpc) is 3.30. The zero-order valence-corrected chi connectivity index (χ0v) is 19.0. The van der Waals surface area contributed by atoms with E-state index < -0.39 is 11.8 Å². The normalized spacial score (nSPS) is 19.7. The molecule has 172 valence electrons. The van der Waals surface area contributed by atoms with Crippen LogP contribution in [0.3, 0.4) is 0 Å². The average molecular weight is 474 g/mol. The third-order valence-electron chi connectivity index (χ3n) is 5.75. The molecule has 0 amide bonds. The van der Waals surface area contributed by atoms with E-state index in [0.717, 1.165) is 22.0 Å². The Kier molecular flexibility index (Phi) is 6.38. The maximum atomic E-state index is 11.4. The van der Waals surface area contributed by atoms with Gasteiger partial charge in [0.05, 0.1) is 23.6 Å². The van der Waals surface area contributed by atoms with Gasteiger partial charge in [-0.25, -0.2) is 15.0 Å². The van der Waals surface area contributed by atoms with Crippen LogP contribution in [0.1, 0.15) is 5.56 Å². The first kappa shape index (κ1) is 22.3. The minimum absolute atomic E-state index is 0.316. The summed E-state index contributed by atoms with van der Waals surface area (Å²) in [6.45, 7) is 0.316. The predicted molar refractivity (Wildman–Crippen MR) is 134 cm³/mol. The lowest BCUT2D eigenvalue weighted by atomic mass is 9.91. The van der Waals surface area contributed by atoms with Gasteiger partial charge in [-0.1, -0.05) is 78.3 Å². The molecule has 1 aliphatic heterocycles. The Morgan fingerprint density at radius 1 is 0.853 bits per heavy atom. The summed E-state index contributed by atoms with van der Waals surface area (Å²) in [6.07, 6.45) is -0.924. The summed E-state index contributed by atoms with van der Waals surface area (Å²) in [7, 11) is 0. The number of nitrogens with one attached hydrogen (secondary N) is 1. The Morgan fingerprint density at radius 2 is 1.44 bits per heavy atom. The minimum Gasteiger partial charge on any atom is -0.286 e. The van der Waals surface area contributed by atoms with E-state index in [1.807, 2.05) is 91.0 Å². The molecule has 0 spiro atoms. The maximum Gasteiger partial charge on any atom is 0.218 e. The number of halogens is 1. The molecule has 0 saturated carbocycles. The van der Waals surface area contributed by atoms with Gasteiger partial charge in [0.15, 0.2) is 5.60 Å². The van der Waals surface area contributed by atoms with E-state index in [0.29, 0.717) is 17.3 Å². The summed E-state index contributed by atoms with van der Waals surface area (Å²) in [6, 6.07) is 36.0. The van der Waals surface area contributed by atoms with Crippen LogP contribution in [0.5, 0.6) is 0 Å². The van der Waals surface area contributed by atoms with Crippen molar-refractivity contribution in [2.24, 2.45) is 0 Å². The summed E-state index contributed by atoms with van der Waals surface area (Å²) in [5.41, 5.74) is 4.96. The highest BCUT2D eigenvalue weighted by atomic mass is 35.5. The quantitative estimate of drug-likeness (QED) is 0.309. The number of hydrogen-bond acceptors (Lipinski definition) is 6. The van der Waals surface area contributed by atoms with E-state index in [1.165, 1.54) is 0 Å². The first-order valence-corrected chi connectivity index (χ1v) is 11.3. The number of benzene rings is 4. The van der Waals surface area contributed by atoms with E-state index in [1.54, 1.807) is 29.3 Å². The molecule has 0 unspecified atom stereocenters. The zero-order valence-electron chi connectivity index (χ0n) is 18.3. The van der Waals surface area contributed by atoms with Gasteiger partial charge in [-0.2, -0.15) is 0 Å². The van der Waals surface area contributed by atoms with E-state index in [2.05, 4.69) is 5.48 Å². The monoisotopic (exact) mass is 473 g/mol. The second-order valence-corrected chi connectivity index (χ2v) is 8.41. The summed E-state index contributed by atoms with van der Waals surface area (Å²) in [5, 5.41) is 14.8. The van der Waals surface area contributed by atoms with Crippen molar-refractivity contribution < 1.29 is 14.9 Å². The number of rotatable bonds is 7. The van der Waals surface area contributed by atoms with Gasteiger partial charge >= 0.3 is 0 Å². The van der Waals surface area contributed by atoms with Crippen molar-refractivity contribution in [3.8, 4) is 0 Å². The van der Waals surface area contributed by atoms with Crippen molar-refractivity contribution in [1.82, 2.24) is 0 Å². The SMILES string of the molecule is ON(c1ccc(Cl)cc1)[C@H]1ON(c2ccccc2)C[C@@]1(ONc1ccccc1)c1ccccc1. The van der Waals surface area contributed by atoms with Gasteiger partial charge < -0.3 is 0 Å². The molecule has 0 aromatic heterocycles. The molecule has 0 bridgehead atoms. The number of anilines is 3. The number of hydroxylamine groups is 2. The largest absolute Gasteiger partial charge is 0.286 e. The Balaban J connectivity index is 1.58. The standard InChI is InChI=1S/C27H24ClN3O3/c28-22-16-18-25(19-17-22)31(32)26-27(21-10-4-1-5-11-21,34-29-23-12-6-2-7-13-23)20-30(33-26)24-14-8-3-9-15-24/h1-19,26,29,32H,20H2/t26-,27+/m0/s1. The molecule has 1 fully saturated rings. The van der Waals surface area contributed by atoms with Gasteiger partial charge in [0, 0.05) is 5.02 Å². The van der Waals surface area contributed by atoms with Crippen molar-refractivity contribution >= 4 is 28.7 Å². The minimum atomic E-state index is -1.11. The molecule has 5 rings (SSSR count). The van der Waals surface area contributed by atoms with Crippen LogP contribution in [-0.4, -0.2) is 18.0 Å². The lowest BCUT2D eigenvalue weighted by Gasteiger charge is -2.36. The highest BCUT2D eigenvalue weighted by Gasteiger charge is 2.55. The molecule has 1 aliphatic rings. The van der Waals surface area contributed by atoms with Crippen LogP contribution in [-0.2, 0) is 15.3 Å². The van der Waals surface area contributed by atoms with Crippen LogP contribution in [0.25, 0.3) is 0 Å². The molecule has 1 heterocycles. The second-order valence-electron chi connectivity index (χ2n) is 7.98. The van der Waals surface area contributed by atoms with Crippen molar-refractivity contribution in [1.29, 1.82) is 0 Å². The molecule has 4 aromatic rings. The van der Waals surface area contributed by atoms with Gasteiger partial charge in [-0.05, 0) is 54.1 Å². The molecular weight excluding hydrogens is 450 g/mol. The van der Waals surface area contributed by atoms with Crippen molar-refractivity contribution in [2.75, 3.05) is 22.2 Å². The first-order valence-electron chi connectivity index (χ1n) is 10.9. The molecule has 7 heteroatoms. The van der Waals surface area contributed by atoms with Gasteiger partial charge in [-0.15, -0.1) is 0 Å². The fraction of sp³-hybridized carbons (Fsp3) is 0.111. The summed E-state index contributed by atoms with van der Waals surface area (Å²) >= 11 is 6.07. The maximum absolute atomic E-state index is 11.4. The Labute approximate surface area is 203 Å². The lowest BCUT2D eigenvalue weighted by Crippen LogP contribution is -2.51. The van der Waals surface area contributed by atoms with Crippen molar-refractivity contribution in [3.05, 3.63) is 126 Å². The number of para-hydroxylation sites is 2. The lowest BCUT2D eigenvalue weighted by molar-refractivity contribution is -0.101. The molecule has 1 saturated heterocycles. The van der Waals surface area contributed by atoms with Gasteiger partial charge in [0.25, 0.3) is 0 Å². The van der Waals surface area contributed by atoms with Gasteiger partial charge in [0.1, 0.15) is 0 Å². The fourth-order valence-electron chi connectivity index (χ4n) is 4.00. The van der Waals surface area contributed by atoms with Crippen LogP contribution >= 0.6 is 11.6 Å². The number of nitrogens with zero attached hydrogens (tertiary/aromatic N) is 2. The number of hydrogen-bond donors (Lipinski definition) is 2. The summed E-state index contributed by atoms with van der Waals surface area (Å²) < 4.78 is 0. The second kappa shape index (κ2) is 9.75. The molecule has 0 aliphatic carbocycles. The third kappa shape index (κ3) is 4.44. The molecule has 34 heavy (non-hydrogen) atoms. The Hall–Kier alpha value is -3.55. The molecule has 0 radical (unpaired) electrons. The smallest absolute Gasteiger partial charge is 0.218 e. The summed E-state index contributed by atoms with van der Waals surface area (Å²) in [5.74, 6) is 0. The van der Waals surface area contributed by atoms with Crippen LogP contribution < -0.4 is 15.6 Å². The van der Waals surface area contributed by atoms with E-state index >= 15 is 0 Å². The van der Waals surface area contributed by atoms with Gasteiger partial charge in [0.2, 0.25) is 6.23 Å². The van der Waals surface area contributed by atoms with Crippen LogP contribution in [0, 0.1) is 0 Å². The Bertz CT molecular complexity index is 1200. The molecule has 6 nitrogen and oxygen atoms in total. The van der Waals surface area contributed by atoms with Crippen LogP contribution in [0.2, 0.25) is 5.02 Å². The van der Waals surface area contributed by atoms with E-state index in [4.69, 9.17) is 21.3 Å². The predicted octanol–water partition coefficient (Wildman–Crippen LogP) is 6.25. The molecule has 2 N–H and O–H groups in total. The molecule has 2 atom stereocenters. The van der Waals surface area contributed by atoms with Crippen molar-refractivity contribution in [3.63, 3.8) is 0 Å². The summed E-state index contributed by atoms with van der Waals surface area (Å²) in [4.78, 5) is 12.8. The third-order valence-corrected chi connectivity index (χ3v) is 6.00. The van der Waals surface area contributed by atoms with Gasteiger partial charge in [-0.3, -0.25) is 15.5 Å². The van der Waals surface area contributed by atoms with Crippen LogP contribution in [0.4, 0.5) is 17.1 Å². The highest BCUT2D eigenvalue weighted by Crippen LogP contribution is 2.42. The fourth-order valence-corrected chi connectivity index (χ4v) is 4.13. The molecule has 4 aromatic carbocycles. The van der Waals surface area contributed by atoms with Crippen molar-refractivity contribution in [2.45, 2.75) is 11.8 Å². The van der Waals surface area contributed by atoms with E-state index in [9.17, 15) is 5.21 Å². The van der Waals surface area contributed by atoms with E-state index in [-0.39, 0.29) is 0 Å². The zero-order chi connectivity index (χ0) is 23.4. The molecular formula is C27H24ClN3O3.